The van der Waals surface area contributed by atoms with Crippen LogP contribution in [0.1, 0.15) is 32.8 Å². The molecular weight excluding hydrogens is 562 g/mol. The summed E-state index contributed by atoms with van der Waals surface area (Å²) < 4.78 is 34.1. The van der Waals surface area contributed by atoms with Gasteiger partial charge in [-0.1, -0.05) is 68.8 Å². The van der Waals surface area contributed by atoms with E-state index in [9.17, 15) is 18.0 Å². The molecule has 0 fully saturated rings. The standard InChI is InChI=1S/C31H38ClN3O5S/c1-5-29(31(37)33-21-23(2)3)34(19-18-24-10-7-6-8-11-24)30(36)22-35(26-13-9-12-25(32)20-26)41(38,39)28-16-14-27(40-4)15-17-28/h6-17,20,23,29H,5,18-19,21-22H2,1-4H3,(H,33,37)/t29-/m0/s1. The number of hydrogen-bond acceptors (Lipinski definition) is 5. The van der Waals surface area contributed by atoms with E-state index in [0.717, 1.165) is 9.87 Å². The van der Waals surface area contributed by atoms with Gasteiger partial charge in [-0.05, 0) is 66.8 Å². The highest BCUT2D eigenvalue weighted by Crippen LogP contribution is 2.27. The second-order valence-corrected chi connectivity index (χ2v) is 12.4. The molecule has 0 saturated heterocycles. The van der Waals surface area contributed by atoms with Crippen LogP contribution in [0.15, 0.2) is 83.8 Å². The van der Waals surface area contributed by atoms with E-state index < -0.39 is 28.5 Å². The highest BCUT2D eigenvalue weighted by Gasteiger charge is 2.33. The van der Waals surface area contributed by atoms with Gasteiger partial charge in [0.1, 0.15) is 18.3 Å². The number of amides is 2. The van der Waals surface area contributed by atoms with Gasteiger partial charge in [-0.15, -0.1) is 0 Å². The number of carbonyl (C=O) groups is 2. The highest BCUT2D eigenvalue weighted by atomic mass is 35.5. The molecule has 0 aliphatic rings. The van der Waals surface area contributed by atoms with Gasteiger partial charge in [-0.3, -0.25) is 13.9 Å². The minimum absolute atomic E-state index is 0.0105. The molecule has 220 valence electrons. The molecule has 41 heavy (non-hydrogen) atoms. The van der Waals surface area contributed by atoms with Crippen molar-refractivity contribution < 1.29 is 22.7 Å². The predicted octanol–water partition coefficient (Wildman–Crippen LogP) is 5.17. The van der Waals surface area contributed by atoms with Crippen molar-refractivity contribution in [2.45, 2.75) is 44.6 Å². The van der Waals surface area contributed by atoms with Crippen LogP contribution in [0.3, 0.4) is 0 Å². The van der Waals surface area contributed by atoms with Gasteiger partial charge in [0.2, 0.25) is 11.8 Å². The number of nitrogens with one attached hydrogen (secondary N) is 1. The normalized spacial score (nSPS) is 12.0. The summed E-state index contributed by atoms with van der Waals surface area (Å²) in [6.45, 7) is 6.01. The molecule has 1 atom stereocenters. The summed E-state index contributed by atoms with van der Waals surface area (Å²) in [5, 5.41) is 3.26. The number of ether oxygens (including phenoxy) is 1. The van der Waals surface area contributed by atoms with Crippen LogP contribution in [0, 0.1) is 5.92 Å². The van der Waals surface area contributed by atoms with Crippen LogP contribution in [0.4, 0.5) is 5.69 Å². The maximum absolute atomic E-state index is 14.0. The largest absolute Gasteiger partial charge is 0.497 e. The Labute approximate surface area is 248 Å². The van der Waals surface area contributed by atoms with E-state index in [1.54, 1.807) is 30.3 Å². The minimum atomic E-state index is -4.19. The lowest BCUT2D eigenvalue weighted by Gasteiger charge is -2.33. The van der Waals surface area contributed by atoms with E-state index in [2.05, 4.69) is 5.32 Å². The van der Waals surface area contributed by atoms with E-state index in [-0.39, 0.29) is 29.0 Å². The molecule has 1 N–H and O–H groups in total. The molecule has 8 nitrogen and oxygen atoms in total. The minimum Gasteiger partial charge on any atom is -0.497 e. The molecule has 0 saturated carbocycles. The number of rotatable bonds is 14. The number of methoxy groups -OCH3 is 1. The van der Waals surface area contributed by atoms with Crippen LogP contribution < -0.4 is 14.4 Å². The van der Waals surface area contributed by atoms with Gasteiger partial charge in [-0.2, -0.15) is 0 Å². The molecule has 3 aromatic carbocycles. The molecule has 0 unspecified atom stereocenters. The number of benzene rings is 3. The second kappa shape index (κ2) is 14.9. The van der Waals surface area contributed by atoms with Gasteiger partial charge in [0.05, 0.1) is 17.7 Å². The first-order valence-corrected chi connectivity index (χ1v) is 15.4. The average Bonchev–Trinajstić information content (AvgIpc) is 2.97. The molecule has 3 rings (SSSR count). The SMILES string of the molecule is CC[C@@H](C(=O)NCC(C)C)N(CCc1ccccc1)C(=O)CN(c1cccc(Cl)c1)S(=O)(=O)c1ccc(OC)cc1. The molecule has 2 amide bonds. The molecule has 0 aromatic heterocycles. The third-order valence-electron chi connectivity index (χ3n) is 6.58. The number of halogens is 1. The zero-order valence-electron chi connectivity index (χ0n) is 23.9. The van der Waals surface area contributed by atoms with Gasteiger partial charge >= 0.3 is 0 Å². The Kier molecular flexibility index (Phi) is 11.6. The summed E-state index contributed by atoms with van der Waals surface area (Å²) in [6.07, 6.45) is 0.871. The zero-order chi connectivity index (χ0) is 30.0. The highest BCUT2D eigenvalue weighted by molar-refractivity contribution is 7.92. The van der Waals surface area contributed by atoms with Crippen LogP contribution in [-0.4, -0.2) is 57.9 Å². The molecule has 0 aliphatic carbocycles. The molecule has 0 heterocycles. The third-order valence-corrected chi connectivity index (χ3v) is 8.60. The van der Waals surface area contributed by atoms with Crippen LogP contribution >= 0.6 is 11.6 Å². The second-order valence-electron chi connectivity index (χ2n) is 10.1. The summed E-state index contributed by atoms with van der Waals surface area (Å²) in [6, 6.07) is 21.2. The Hall–Kier alpha value is -3.56. The van der Waals surface area contributed by atoms with E-state index in [4.69, 9.17) is 16.3 Å². The Morgan fingerprint density at radius 1 is 0.976 bits per heavy atom. The number of carbonyl (C=O) groups excluding carboxylic acids is 2. The van der Waals surface area contributed by atoms with Crippen molar-refractivity contribution in [1.29, 1.82) is 0 Å². The number of nitrogens with zero attached hydrogens (tertiary/aromatic N) is 2. The van der Waals surface area contributed by atoms with Crippen molar-refractivity contribution in [1.82, 2.24) is 10.2 Å². The van der Waals surface area contributed by atoms with Gasteiger partial charge in [0, 0.05) is 18.1 Å². The molecule has 10 heteroatoms. The molecular formula is C31H38ClN3O5S. The van der Waals surface area contributed by atoms with E-state index in [1.165, 1.54) is 30.2 Å². The summed E-state index contributed by atoms with van der Waals surface area (Å²) in [5.41, 5.74) is 1.24. The molecule has 0 spiro atoms. The average molecular weight is 600 g/mol. The summed E-state index contributed by atoms with van der Waals surface area (Å²) in [7, 11) is -2.70. The van der Waals surface area contributed by atoms with Crippen molar-refractivity contribution in [3.05, 3.63) is 89.4 Å². The Morgan fingerprint density at radius 3 is 2.24 bits per heavy atom. The summed E-state index contributed by atoms with van der Waals surface area (Å²) in [4.78, 5) is 28.8. The van der Waals surface area contributed by atoms with Crippen molar-refractivity contribution in [3.8, 4) is 5.75 Å². The lowest BCUT2D eigenvalue weighted by molar-refractivity contribution is -0.139. The Balaban J connectivity index is 2.00. The van der Waals surface area contributed by atoms with Crippen LogP contribution in [0.2, 0.25) is 5.02 Å². The van der Waals surface area contributed by atoms with Gasteiger partial charge in [-0.25, -0.2) is 8.42 Å². The first-order chi connectivity index (χ1) is 19.6. The van der Waals surface area contributed by atoms with Crippen molar-refractivity contribution in [3.63, 3.8) is 0 Å². The maximum Gasteiger partial charge on any atom is 0.264 e. The van der Waals surface area contributed by atoms with Crippen molar-refractivity contribution in [2.24, 2.45) is 5.92 Å². The van der Waals surface area contributed by atoms with Crippen LogP contribution in [-0.2, 0) is 26.0 Å². The van der Waals surface area contributed by atoms with Crippen molar-refractivity contribution in [2.75, 3.05) is 31.0 Å². The summed E-state index contributed by atoms with van der Waals surface area (Å²) >= 11 is 6.23. The zero-order valence-corrected chi connectivity index (χ0v) is 25.5. The predicted molar refractivity (Wildman–Crippen MR) is 163 cm³/mol. The molecule has 0 radical (unpaired) electrons. The molecule has 0 aliphatic heterocycles. The fourth-order valence-corrected chi connectivity index (χ4v) is 5.94. The van der Waals surface area contributed by atoms with Crippen LogP contribution in [0.25, 0.3) is 0 Å². The van der Waals surface area contributed by atoms with E-state index in [0.29, 0.717) is 30.2 Å². The topological polar surface area (TPSA) is 96.0 Å². The number of hydrogen-bond donors (Lipinski definition) is 1. The van der Waals surface area contributed by atoms with Crippen molar-refractivity contribution >= 4 is 39.1 Å². The lowest BCUT2D eigenvalue weighted by atomic mass is 10.1. The number of anilines is 1. The quantitative estimate of drug-likeness (QED) is 0.276. The summed E-state index contributed by atoms with van der Waals surface area (Å²) in [5.74, 6) is -0.0306. The van der Waals surface area contributed by atoms with Gasteiger partial charge in [0.25, 0.3) is 10.0 Å². The fourth-order valence-electron chi connectivity index (χ4n) is 4.35. The van der Waals surface area contributed by atoms with Gasteiger partial charge in [0.15, 0.2) is 0 Å². The van der Waals surface area contributed by atoms with Gasteiger partial charge < -0.3 is 15.0 Å². The monoisotopic (exact) mass is 599 g/mol. The third kappa shape index (κ3) is 8.71. The number of sulfonamides is 1. The van der Waals surface area contributed by atoms with E-state index in [1.807, 2.05) is 51.1 Å². The first-order valence-electron chi connectivity index (χ1n) is 13.6. The Morgan fingerprint density at radius 2 is 1.66 bits per heavy atom. The van der Waals surface area contributed by atoms with E-state index >= 15 is 0 Å². The molecule has 3 aromatic rings. The Bertz CT molecular complexity index is 1400. The maximum atomic E-state index is 14.0. The molecule has 0 bridgehead atoms. The fraction of sp³-hybridized carbons (Fsp3) is 0.355. The lowest BCUT2D eigenvalue weighted by Crippen LogP contribution is -2.53. The first kappa shape index (κ1) is 32.0. The smallest absolute Gasteiger partial charge is 0.264 e. The van der Waals surface area contributed by atoms with Crippen LogP contribution in [0.5, 0.6) is 5.75 Å².